The second-order valence-corrected chi connectivity index (χ2v) is 13.2. The molecule has 0 bridgehead atoms. The molecule has 0 saturated heterocycles. The normalized spacial score (nSPS) is 21.4. The third kappa shape index (κ3) is 6.24. The average Bonchev–Trinajstić information content (AvgIpc) is 3.73. The Kier molecular flexibility index (Phi) is 8.75. The van der Waals surface area contributed by atoms with Crippen LogP contribution in [0, 0.1) is 5.92 Å². The van der Waals surface area contributed by atoms with E-state index in [1.165, 1.54) is 0 Å². The number of carbonyl (C=O) groups is 2. The quantitative estimate of drug-likeness (QED) is 0.207. The van der Waals surface area contributed by atoms with Crippen molar-refractivity contribution in [1.29, 1.82) is 0 Å². The minimum absolute atomic E-state index is 0.0590. The van der Waals surface area contributed by atoms with Crippen molar-refractivity contribution in [1.82, 2.24) is 15.3 Å². The molecule has 2 aromatic heterocycles. The number of nitrogens with zero attached hydrogens (tertiary/aromatic N) is 4. The number of thiophene rings is 1. The molecule has 2 aromatic carbocycles. The molecule has 45 heavy (non-hydrogen) atoms. The maximum atomic E-state index is 15.6. The van der Waals surface area contributed by atoms with Crippen molar-refractivity contribution >= 4 is 45.4 Å². The maximum absolute atomic E-state index is 15.6. The molecule has 6 rings (SSSR count). The lowest BCUT2D eigenvalue weighted by molar-refractivity contribution is -0.126. The van der Waals surface area contributed by atoms with Gasteiger partial charge in [0.05, 0.1) is 28.5 Å². The number of aromatic nitrogens is 1. The first-order valence-corrected chi connectivity index (χ1v) is 16.6. The highest BCUT2D eigenvalue weighted by molar-refractivity contribution is 7.08. The molecular formula is C36H40FN5O2S. The Balaban J connectivity index is 1.28. The van der Waals surface area contributed by atoms with Crippen LogP contribution in [0.25, 0.3) is 22.2 Å². The summed E-state index contributed by atoms with van der Waals surface area (Å²) in [6.45, 7) is 4.15. The first kappa shape index (κ1) is 30.9. The second-order valence-electron chi connectivity index (χ2n) is 12.4. The summed E-state index contributed by atoms with van der Waals surface area (Å²) in [6, 6.07) is 16.9. The smallest absolute Gasteiger partial charge is 0.251 e. The molecule has 2 amide bonds. The summed E-state index contributed by atoms with van der Waals surface area (Å²) in [4.78, 5) is 34.8. The van der Waals surface area contributed by atoms with Crippen molar-refractivity contribution in [2.45, 2.75) is 57.7 Å². The van der Waals surface area contributed by atoms with Crippen LogP contribution >= 0.6 is 11.3 Å². The lowest BCUT2D eigenvalue weighted by atomic mass is 9.76. The SMILES string of the molecule is CC/C=C\N(c1ccc(C(=O)N[C@@H]2CCC(C)(F)C[C@@H]2C(=O)N2CCc3c(-c4ccsc4)nc4ccccc4c32)cc1)N(C)C. The van der Waals surface area contributed by atoms with E-state index < -0.39 is 17.6 Å². The zero-order valence-electron chi connectivity index (χ0n) is 26.3. The topological polar surface area (TPSA) is 68.8 Å². The van der Waals surface area contributed by atoms with Gasteiger partial charge >= 0.3 is 0 Å². The van der Waals surface area contributed by atoms with Crippen LogP contribution in [0.5, 0.6) is 0 Å². The van der Waals surface area contributed by atoms with Gasteiger partial charge in [-0.3, -0.25) is 14.6 Å². The average molecular weight is 626 g/mol. The Morgan fingerprint density at radius 3 is 2.64 bits per heavy atom. The number of rotatable bonds is 8. The largest absolute Gasteiger partial charge is 0.349 e. The Morgan fingerprint density at radius 1 is 1.16 bits per heavy atom. The molecule has 4 aromatic rings. The minimum atomic E-state index is -1.49. The Bertz CT molecular complexity index is 1720. The third-order valence-electron chi connectivity index (χ3n) is 8.93. The highest BCUT2D eigenvalue weighted by Crippen LogP contribution is 2.44. The van der Waals surface area contributed by atoms with E-state index in [-0.39, 0.29) is 24.7 Å². The van der Waals surface area contributed by atoms with Crippen LogP contribution in [0.1, 0.15) is 55.5 Å². The summed E-state index contributed by atoms with van der Waals surface area (Å²) in [5.74, 6) is -1.10. The molecule has 0 radical (unpaired) electrons. The summed E-state index contributed by atoms with van der Waals surface area (Å²) in [5.41, 5.74) is 4.60. The summed E-state index contributed by atoms with van der Waals surface area (Å²) in [7, 11) is 3.92. The molecular weight excluding hydrogens is 585 g/mol. The number of amides is 2. The van der Waals surface area contributed by atoms with Crippen LogP contribution < -0.4 is 15.2 Å². The van der Waals surface area contributed by atoms with Gasteiger partial charge in [0.1, 0.15) is 5.67 Å². The van der Waals surface area contributed by atoms with E-state index in [2.05, 4.69) is 29.8 Å². The van der Waals surface area contributed by atoms with Crippen LogP contribution in [-0.2, 0) is 11.2 Å². The zero-order valence-corrected chi connectivity index (χ0v) is 27.1. The van der Waals surface area contributed by atoms with Gasteiger partial charge in [-0.1, -0.05) is 31.2 Å². The number of para-hydroxylation sites is 1. The number of hydrazine groups is 1. The molecule has 1 N–H and O–H groups in total. The standard InChI is InChI=1S/C36H40FN5O2S/c1-5-6-19-42(40(3)4)26-13-11-24(12-14-26)34(43)39-31-15-18-36(2,37)22-29(31)35(44)41-20-16-28-32(25-17-21-45-23-25)38-30-10-8-7-9-27(30)33(28)41/h6-14,17,19,21,23,29,31H,5,15-16,18,20,22H2,1-4H3,(H,39,43)/b19-6-/t29-,31+,36?/m0/s1. The summed E-state index contributed by atoms with van der Waals surface area (Å²) in [6.07, 6.45) is 6.39. The van der Waals surface area contributed by atoms with Gasteiger partial charge in [-0.15, -0.1) is 0 Å². The van der Waals surface area contributed by atoms with Gasteiger partial charge < -0.3 is 10.2 Å². The molecule has 1 unspecified atom stereocenters. The Labute approximate surface area is 268 Å². The van der Waals surface area contributed by atoms with Gasteiger partial charge in [-0.25, -0.2) is 14.4 Å². The molecule has 1 fully saturated rings. The number of anilines is 2. The first-order valence-electron chi connectivity index (χ1n) is 15.7. The molecule has 234 valence electrons. The number of alkyl halides is 1. The van der Waals surface area contributed by atoms with Crippen molar-refractivity contribution in [2.24, 2.45) is 5.92 Å². The monoisotopic (exact) mass is 625 g/mol. The fourth-order valence-corrected chi connectivity index (χ4v) is 7.28. The number of halogens is 1. The van der Waals surface area contributed by atoms with Gasteiger partial charge in [-0.2, -0.15) is 11.3 Å². The molecule has 7 nitrogen and oxygen atoms in total. The van der Waals surface area contributed by atoms with E-state index in [0.717, 1.165) is 45.5 Å². The predicted octanol–water partition coefficient (Wildman–Crippen LogP) is 7.39. The molecule has 1 aliphatic carbocycles. The second kappa shape index (κ2) is 12.7. The van der Waals surface area contributed by atoms with Crippen LogP contribution in [0.15, 0.2) is 77.6 Å². The van der Waals surface area contributed by atoms with Gasteiger partial charge in [-0.05, 0) is 80.8 Å². The van der Waals surface area contributed by atoms with Crippen LogP contribution in [-0.4, -0.2) is 54.2 Å². The first-order chi connectivity index (χ1) is 21.7. The van der Waals surface area contributed by atoms with Crippen molar-refractivity contribution in [3.05, 3.63) is 88.8 Å². The number of benzene rings is 2. The summed E-state index contributed by atoms with van der Waals surface area (Å²) in [5, 5.41) is 12.1. The van der Waals surface area contributed by atoms with E-state index >= 15 is 4.39 Å². The fourth-order valence-electron chi connectivity index (χ4n) is 6.64. The lowest BCUT2D eigenvalue weighted by Crippen LogP contribution is -2.53. The number of hydrogen-bond acceptors (Lipinski definition) is 6. The maximum Gasteiger partial charge on any atom is 0.251 e. The van der Waals surface area contributed by atoms with Gasteiger partial charge in [0.15, 0.2) is 0 Å². The number of allylic oxidation sites excluding steroid dienone is 1. The van der Waals surface area contributed by atoms with E-state index in [9.17, 15) is 9.59 Å². The van der Waals surface area contributed by atoms with E-state index in [0.29, 0.717) is 24.9 Å². The molecule has 3 heterocycles. The fraction of sp³-hybridized carbons (Fsp3) is 0.361. The zero-order chi connectivity index (χ0) is 31.7. The summed E-state index contributed by atoms with van der Waals surface area (Å²) < 4.78 is 15.6. The van der Waals surface area contributed by atoms with Gasteiger partial charge in [0, 0.05) is 60.3 Å². The lowest BCUT2D eigenvalue weighted by Gasteiger charge is -2.39. The molecule has 0 spiro atoms. The molecule has 1 saturated carbocycles. The van der Waals surface area contributed by atoms with E-state index in [4.69, 9.17) is 4.98 Å². The number of pyridine rings is 1. The number of fused-ring (bicyclic) bond motifs is 3. The minimum Gasteiger partial charge on any atom is -0.349 e. The molecule has 2 aliphatic rings. The Morgan fingerprint density at radius 2 is 1.93 bits per heavy atom. The number of nitrogens with one attached hydrogen (secondary N) is 1. The van der Waals surface area contributed by atoms with Crippen LogP contribution in [0.4, 0.5) is 15.8 Å². The molecule has 3 atom stereocenters. The van der Waals surface area contributed by atoms with E-state index in [1.807, 2.05) is 77.0 Å². The highest BCUT2D eigenvalue weighted by Gasteiger charge is 2.45. The molecule has 1 aliphatic heterocycles. The highest BCUT2D eigenvalue weighted by atomic mass is 32.1. The number of hydrogen-bond donors (Lipinski definition) is 1. The van der Waals surface area contributed by atoms with Crippen molar-refractivity contribution in [3.8, 4) is 11.3 Å². The van der Waals surface area contributed by atoms with Crippen LogP contribution in [0.2, 0.25) is 0 Å². The van der Waals surface area contributed by atoms with Gasteiger partial charge in [0.25, 0.3) is 5.91 Å². The Hall–Kier alpha value is -4.08. The van der Waals surface area contributed by atoms with Crippen molar-refractivity contribution < 1.29 is 14.0 Å². The van der Waals surface area contributed by atoms with Gasteiger partial charge in [0.2, 0.25) is 5.91 Å². The van der Waals surface area contributed by atoms with Crippen molar-refractivity contribution in [3.63, 3.8) is 0 Å². The van der Waals surface area contributed by atoms with Crippen LogP contribution in [0.3, 0.4) is 0 Å². The third-order valence-corrected chi connectivity index (χ3v) is 9.61. The number of carbonyl (C=O) groups excluding carboxylic acids is 2. The van der Waals surface area contributed by atoms with Crippen molar-refractivity contribution in [2.75, 3.05) is 30.5 Å². The van der Waals surface area contributed by atoms with E-state index in [1.54, 1.807) is 30.4 Å². The molecule has 9 heteroatoms. The summed E-state index contributed by atoms with van der Waals surface area (Å²) >= 11 is 1.62. The predicted molar refractivity (Wildman–Crippen MR) is 181 cm³/mol.